The maximum Gasteiger partial charge on any atom is 0.270 e. The van der Waals surface area contributed by atoms with E-state index in [1.54, 1.807) is 0 Å². The molecule has 1 fully saturated rings. The lowest BCUT2D eigenvalue weighted by Crippen LogP contribution is -2.42. The van der Waals surface area contributed by atoms with Gasteiger partial charge >= 0.3 is 0 Å². The summed E-state index contributed by atoms with van der Waals surface area (Å²) >= 11 is 7.41. The van der Waals surface area contributed by atoms with Gasteiger partial charge in [0.05, 0.1) is 22.1 Å². The molecule has 1 aromatic heterocycles. The highest BCUT2D eigenvalue weighted by molar-refractivity contribution is 7.10. The van der Waals surface area contributed by atoms with E-state index in [0.29, 0.717) is 0 Å². The Morgan fingerprint density at radius 3 is 2.79 bits per heavy atom. The minimum absolute atomic E-state index is 0.0233. The van der Waals surface area contributed by atoms with Crippen molar-refractivity contribution in [3.63, 3.8) is 0 Å². The summed E-state index contributed by atoms with van der Waals surface area (Å²) in [6, 6.07) is 7.40. The SMILES string of the molecule is O=C(NCC(O)(c1cccs1)C1CC1)c1cc([N+](=O)[O-])ccc1Cl. The molecule has 1 unspecified atom stereocenters. The van der Waals surface area contributed by atoms with E-state index in [1.165, 1.54) is 23.5 Å². The number of carbonyl (C=O) groups is 1. The first-order chi connectivity index (χ1) is 11.4. The Morgan fingerprint density at radius 1 is 1.46 bits per heavy atom. The second kappa shape index (κ2) is 6.51. The minimum atomic E-state index is -1.11. The summed E-state index contributed by atoms with van der Waals surface area (Å²) < 4.78 is 0. The first-order valence-electron chi connectivity index (χ1n) is 7.40. The normalized spacial score (nSPS) is 16.4. The van der Waals surface area contributed by atoms with Gasteiger partial charge in [-0.15, -0.1) is 11.3 Å². The molecule has 1 aliphatic carbocycles. The van der Waals surface area contributed by atoms with Crippen molar-refractivity contribution in [1.82, 2.24) is 5.32 Å². The van der Waals surface area contributed by atoms with E-state index in [0.717, 1.165) is 23.8 Å². The predicted octanol–water partition coefficient (Wildman–Crippen LogP) is 3.34. The van der Waals surface area contributed by atoms with Gasteiger partial charge < -0.3 is 10.4 Å². The summed E-state index contributed by atoms with van der Waals surface area (Å²) in [5.41, 5.74) is -1.30. The fourth-order valence-electron chi connectivity index (χ4n) is 2.63. The highest BCUT2D eigenvalue weighted by Gasteiger charge is 2.46. The van der Waals surface area contributed by atoms with Crippen LogP contribution in [0.3, 0.4) is 0 Å². The van der Waals surface area contributed by atoms with E-state index in [4.69, 9.17) is 11.6 Å². The van der Waals surface area contributed by atoms with Gasteiger partial charge in [-0.05, 0) is 36.3 Å². The lowest BCUT2D eigenvalue weighted by molar-refractivity contribution is -0.384. The van der Waals surface area contributed by atoms with Crippen LogP contribution in [0.2, 0.25) is 5.02 Å². The van der Waals surface area contributed by atoms with Crippen molar-refractivity contribution in [2.75, 3.05) is 6.54 Å². The van der Waals surface area contributed by atoms with Gasteiger partial charge in [-0.1, -0.05) is 17.7 Å². The standard InChI is InChI=1S/C16H15ClN2O4S/c17-13-6-5-11(19(22)23)8-12(13)15(20)18-9-16(21,10-3-4-10)14-2-1-7-24-14/h1-2,5-8,10,21H,3-4,9H2,(H,18,20). The highest BCUT2D eigenvalue weighted by Crippen LogP contribution is 2.46. The molecule has 0 bridgehead atoms. The van der Waals surface area contributed by atoms with Gasteiger partial charge in [0.1, 0.15) is 5.60 Å². The van der Waals surface area contributed by atoms with Gasteiger partial charge in [-0.2, -0.15) is 0 Å². The Bertz CT molecular complexity index is 776. The summed E-state index contributed by atoms with van der Waals surface area (Å²) in [7, 11) is 0. The number of halogens is 1. The van der Waals surface area contributed by atoms with Gasteiger partial charge in [-0.25, -0.2) is 0 Å². The number of nitro groups is 1. The topological polar surface area (TPSA) is 92.5 Å². The van der Waals surface area contributed by atoms with E-state index in [2.05, 4.69) is 5.32 Å². The molecule has 1 amide bonds. The molecule has 1 saturated carbocycles. The molecule has 2 aromatic rings. The lowest BCUT2D eigenvalue weighted by atomic mass is 9.95. The number of nitrogens with one attached hydrogen (secondary N) is 1. The summed E-state index contributed by atoms with van der Waals surface area (Å²) in [6.07, 6.45) is 1.81. The van der Waals surface area contributed by atoms with Crippen LogP contribution in [0.25, 0.3) is 0 Å². The second-order valence-corrected chi connectivity index (χ2v) is 7.13. The van der Waals surface area contributed by atoms with Crippen LogP contribution < -0.4 is 5.32 Å². The molecule has 126 valence electrons. The maximum atomic E-state index is 12.4. The molecular weight excluding hydrogens is 352 g/mol. The summed E-state index contributed by atoms with van der Waals surface area (Å²) in [5, 5.41) is 26.5. The molecule has 6 nitrogen and oxygen atoms in total. The predicted molar refractivity (Wildman–Crippen MR) is 91.4 cm³/mol. The van der Waals surface area contributed by atoms with Gasteiger partial charge in [0.25, 0.3) is 11.6 Å². The van der Waals surface area contributed by atoms with Gasteiger partial charge in [0.2, 0.25) is 0 Å². The Morgan fingerprint density at radius 2 is 2.21 bits per heavy atom. The molecule has 1 aromatic carbocycles. The van der Waals surface area contributed by atoms with E-state index >= 15 is 0 Å². The van der Waals surface area contributed by atoms with Crippen LogP contribution in [0.5, 0.6) is 0 Å². The van der Waals surface area contributed by atoms with Crippen LogP contribution in [0, 0.1) is 16.0 Å². The maximum absolute atomic E-state index is 12.4. The fraction of sp³-hybridized carbons (Fsp3) is 0.312. The van der Waals surface area contributed by atoms with Crippen LogP contribution in [0.15, 0.2) is 35.7 Å². The van der Waals surface area contributed by atoms with Crippen molar-refractivity contribution >= 4 is 34.5 Å². The molecule has 3 rings (SSSR count). The smallest absolute Gasteiger partial charge is 0.270 e. The molecule has 0 radical (unpaired) electrons. The number of thiophene rings is 1. The van der Waals surface area contributed by atoms with Crippen LogP contribution in [-0.4, -0.2) is 22.5 Å². The summed E-state index contributed by atoms with van der Waals surface area (Å²) in [5.74, 6) is -0.434. The van der Waals surface area contributed by atoms with Crippen LogP contribution in [0.4, 0.5) is 5.69 Å². The number of hydrogen-bond donors (Lipinski definition) is 2. The molecular formula is C16H15ClN2O4S. The second-order valence-electron chi connectivity index (χ2n) is 5.78. The minimum Gasteiger partial charge on any atom is -0.382 e. The number of rotatable bonds is 6. The van der Waals surface area contributed by atoms with Crippen molar-refractivity contribution in [3.8, 4) is 0 Å². The van der Waals surface area contributed by atoms with Gasteiger partial charge in [0.15, 0.2) is 0 Å². The zero-order valence-electron chi connectivity index (χ0n) is 12.6. The fourth-order valence-corrected chi connectivity index (χ4v) is 3.74. The highest BCUT2D eigenvalue weighted by atomic mass is 35.5. The first kappa shape index (κ1) is 16.9. The first-order valence-corrected chi connectivity index (χ1v) is 8.66. The Hall–Kier alpha value is -1.96. The molecule has 1 aliphatic rings. The van der Waals surface area contributed by atoms with Crippen LogP contribution in [0.1, 0.15) is 28.1 Å². The van der Waals surface area contributed by atoms with E-state index in [-0.39, 0.29) is 28.7 Å². The zero-order valence-corrected chi connectivity index (χ0v) is 14.1. The van der Waals surface area contributed by atoms with E-state index in [1.807, 2.05) is 17.5 Å². The van der Waals surface area contributed by atoms with Crippen molar-refractivity contribution in [2.24, 2.45) is 5.92 Å². The third-order valence-electron chi connectivity index (χ3n) is 4.12. The third kappa shape index (κ3) is 3.28. The van der Waals surface area contributed by atoms with E-state index < -0.39 is 16.4 Å². The average molecular weight is 367 g/mol. The summed E-state index contributed by atoms with van der Waals surface area (Å²) in [6.45, 7) is 0.0377. The Balaban J connectivity index is 1.77. The monoisotopic (exact) mass is 366 g/mol. The van der Waals surface area contributed by atoms with Crippen molar-refractivity contribution < 1.29 is 14.8 Å². The third-order valence-corrected chi connectivity index (χ3v) is 5.49. The lowest BCUT2D eigenvalue weighted by Gasteiger charge is -2.27. The number of carbonyl (C=O) groups excluding carboxylic acids is 1. The number of aliphatic hydroxyl groups is 1. The number of benzene rings is 1. The zero-order chi connectivity index (χ0) is 17.3. The van der Waals surface area contributed by atoms with Crippen LogP contribution >= 0.6 is 22.9 Å². The quantitative estimate of drug-likeness (QED) is 0.605. The van der Waals surface area contributed by atoms with Gasteiger partial charge in [-0.3, -0.25) is 14.9 Å². The number of amides is 1. The molecule has 24 heavy (non-hydrogen) atoms. The van der Waals surface area contributed by atoms with Gasteiger partial charge in [0, 0.05) is 17.0 Å². The van der Waals surface area contributed by atoms with E-state index in [9.17, 15) is 20.0 Å². The van der Waals surface area contributed by atoms with Crippen molar-refractivity contribution in [2.45, 2.75) is 18.4 Å². The number of non-ortho nitro benzene ring substituents is 1. The molecule has 0 spiro atoms. The summed E-state index contributed by atoms with van der Waals surface area (Å²) in [4.78, 5) is 23.4. The molecule has 0 saturated heterocycles. The molecule has 1 atom stereocenters. The average Bonchev–Trinajstić information content (AvgIpc) is 3.27. The largest absolute Gasteiger partial charge is 0.382 e. The Labute approximate surface area is 147 Å². The molecule has 1 heterocycles. The van der Waals surface area contributed by atoms with Crippen LogP contribution in [-0.2, 0) is 5.60 Å². The van der Waals surface area contributed by atoms with Crippen molar-refractivity contribution in [1.29, 1.82) is 0 Å². The number of nitrogens with zero attached hydrogens (tertiary/aromatic N) is 1. The molecule has 0 aliphatic heterocycles. The Kier molecular flexibility index (Phi) is 4.58. The molecule has 2 N–H and O–H groups in total. The van der Waals surface area contributed by atoms with Crippen molar-refractivity contribution in [3.05, 3.63) is 61.3 Å². The number of hydrogen-bond acceptors (Lipinski definition) is 5. The molecule has 8 heteroatoms. The number of nitro benzene ring substituents is 1.